The van der Waals surface area contributed by atoms with E-state index in [9.17, 15) is 0 Å². The van der Waals surface area contributed by atoms with E-state index in [-0.39, 0.29) is 0 Å². The molecule has 3 heteroatoms. The van der Waals surface area contributed by atoms with Crippen molar-refractivity contribution in [1.82, 2.24) is 5.32 Å². The van der Waals surface area contributed by atoms with Gasteiger partial charge in [-0.25, -0.2) is 0 Å². The molecule has 0 amide bonds. The summed E-state index contributed by atoms with van der Waals surface area (Å²) in [6.07, 6.45) is 2.44. The number of nitrogens with one attached hydrogen (secondary N) is 1. The minimum atomic E-state index is 0.648. The minimum Gasteiger partial charge on any atom is -0.471 e. The van der Waals surface area contributed by atoms with Gasteiger partial charge in [0.25, 0.3) is 0 Å². The zero-order valence-corrected chi connectivity index (χ0v) is 8.78. The Balaban J connectivity index is 1.83. The number of piperidine rings is 1. The first kappa shape index (κ1) is 9.04. The summed E-state index contributed by atoms with van der Waals surface area (Å²) in [6.45, 7) is 2.98. The summed E-state index contributed by atoms with van der Waals surface area (Å²) >= 11 is 0. The molecule has 2 heterocycles. The van der Waals surface area contributed by atoms with Gasteiger partial charge in [-0.3, -0.25) is 0 Å². The summed E-state index contributed by atoms with van der Waals surface area (Å²) in [6, 6.07) is 8.97. The SMILES string of the molecule is c1ccc2c(c1)OCN2C1CCNCC1. The van der Waals surface area contributed by atoms with Gasteiger partial charge in [-0.15, -0.1) is 0 Å². The molecule has 2 aliphatic heterocycles. The number of hydrogen-bond donors (Lipinski definition) is 1. The van der Waals surface area contributed by atoms with Gasteiger partial charge in [0.2, 0.25) is 0 Å². The largest absolute Gasteiger partial charge is 0.471 e. The molecule has 0 bridgehead atoms. The van der Waals surface area contributed by atoms with E-state index in [2.05, 4.69) is 28.4 Å². The van der Waals surface area contributed by atoms with Crippen molar-refractivity contribution in [2.24, 2.45) is 0 Å². The quantitative estimate of drug-likeness (QED) is 0.752. The molecule has 0 radical (unpaired) electrons. The molecule has 1 fully saturated rings. The van der Waals surface area contributed by atoms with Gasteiger partial charge in [-0.05, 0) is 38.1 Å². The molecule has 1 aromatic carbocycles. The van der Waals surface area contributed by atoms with E-state index in [4.69, 9.17) is 4.74 Å². The second-order valence-electron chi connectivity index (χ2n) is 4.19. The summed E-state index contributed by atoms with van der Waals surface area (Å²) in [4.78, 5) is 2.40. The molecule has 80 valence electrons. The molecule has 3 rings (SSSR count). The van der Waals surface area contributed by atoms with Crippen molar-refractivity contribution in [3.63, 3.8) is 0 Å². The van der Waals surface area contributed by atoms with Crippen LogP contribution in [0, 0.1) is 0 Å². The third-order valence-corrected chi connectivity index (χ3v) is 3.28. The Kier molecular flexibility index (Phi) is 2.25. The van der Waals surface area contributed by atoms with Crippen LogP contribution >= 0.6 is 0 Å². The number of anilines is 1. The van der Waals surface area contributed by atoms with Gasteiger partial charge < -0.3 is 15.0 Å². The van der Waals surface area contributed by atoms with Crippen molar-refractivity contribution in [2.45, 2.75) is 18.9 Å². The van der Waals surface area contributed by atoms with E-state index in [0.29, 0.717) is 6.04 Å². The number of para-hydroxylation sites is 2. The third kappa shape index (κ3) is 1.57. The highest BCUT2D eigenvalue weighted by Crippen LogP contribution is 2.35. The highest BCUT2D eigenvalue weighted by Gasteiger charge is 2.27. The van der Waals surface area contributed by atoms with Gasteiger partial charge in [0.05, 0.1) is 5.69 Å². The molecule has 0 aliphatic carbocycles. The predicted octanol–water partition coefficient (Wildman–Crippen LogP) is 1.59. The smallest absolute Gasteiger partial charge is 0.161 e. The van der Waals surface area contributed by atoms with Crippen molar-refractivity contribution in [1.29, 1.82) is 0 Å². The molecule has 3 nitrogen and oxygen atoms in total. The average molecular weight is 204 g/mol. The van der Waals surface area contributed by atoms with Gasteiger partial charge >= 0.3 is 0 Å². The van der Waals surface area contributed by atoms with Gasteiger partial charge in [0.15, 0.2) is 6.73 Å². The molecule has 0 spiro atoms. The van der Waals surface area contributed by atoms with Crippen LogP contribution in [0.1, 0.15) is 12.8 Å². The van der Waals surface area contributed by atoms with Crippen LogP contribution < -0.4 is 15.0 Å². The van der Waals surface area contributed by atoms with E-state index in [1.807, 2.05) is 6.07 Å². The van der Waals surface area contributed by atoms with Crippen LogP contribution in [0.15, 0.2) is 24.3 Å². The maximum Gasteiger partial charge on any atom is 0.161 e. The van der Waals surface area contributed by atoms with Gasteiger partial charge in [0.1, 0.15) is 5.75 Å². The zero-order chi connectivity index (χ0) is 10.1. The number of nitrogens with zero attached hydrogens (tertiary/aromatic N) is 1. The van der Waals surface area contributed by atoms with E-state index in [0.717, 1.165) is 25.6 Å². The van der Waals surface area contributed by atoms with E-state index < -0.39 is 0 Å². The molecule has 1 N–H and O–H groups in total. The third-order valence-electron chi connectivity index (χ3n) is 3.28. The van der Waals surface area contributed by atoms with Crippen LogP contribution in [0.4, 0.5) is 5.69 Å². The van der Waals surface area contributed by atoms with Gasteiger partial charge in [-0.2, -0.15) is 0 Å². The topological polar surface area (TPSA) is 24.5 Å². The first-order chi connectivity index (χ1) is 7.45. The Morgan fingerprint density at radius 2 is 2.00 bits per heavy atom. The van der Waals surface area contributed by atoms with Crippen LogP contribution in [0.5, 0.6) is 5.75 Å². The molecular formula is C12H16N2O. The van der Waals surface area contributed by atoms with Crippen LogP contribution in [0.3, 0.4) is 0 Å². The van der Waals surface area contributed by atoms with E-state index in [1.54, 1.807) is 0 Å². The number of benzene rings is 1. The van der Waals surface area contributed by atoms with Crippen LogP contribution in [-0.4, -0.2) is 25.9 Å². The second kappa shape index (κ2) is 3.74. The molecule has 0 atom stereocenters. The zero-order valence-electron chi connectivity index (χ0n) is 8.78. The molecule has 2 aliphatic rings. The highest BCUT2D eigenvalue weighted by atomic mass is 16.5. The highest BCUT2D eigenvalue weighted by molar-refractivity contribution is 5.61. The van der Waals surface area contributed by atoms with Crippen molar-refractivity contribution < 1.29 is 4.74 Å². The monoisotopic (exact) mass is 204 g/mol. The minimum absolute atomic E-state index is 0.648. The maximum atomic E-state index is 5.67. The van der Waals surface area contributed by atoms with Crippen LogP contribution in [0.2, 0.25) is 0 Å². The Morgan fingerprint density at radius 1 is 1.20 bits per heavy atom. The summed E-state index contributed by atoms with van der Waals surface area (Å²) in [5.41, 5.74) is 1.27. The number of fused-ring (bicyclic) bond motifs is 1. The molecule has 1 aromatic rings. The summed E-state index contributed by atoms with van der Waals surface area (Å²) in [5, 5.41) is 3.39. The standard InChI is InChI=1S/C12H16N2O/c1-2-4-12-11(3-1)14(9-15-12)10-5-7-13-8-6-10/h1-4,10,13H,5-9H2. The molecular weight excluding hydrogens is 188 g/mol. The Morgan fingerprint density at radius 3 is 2.87 bits per heavy atom. The molecule has 0 aromatic heterocycles. The summed E-state index contributed by atoms with van der Waals surface area (Å²) in [5.74, 6) is 1.04. The van der Waals surface area contributed by atoms with Gasteiger partial charge in [-0.1, -0.05) is 12.1 Å². The summed E-state index contributed by atoms with van der Waals surface area (Å²) in [7, 11) is 0. The lowest BCUT2D eigenvalue weighted by molar-refractivity contribution is 0.316. The van der Waals surface area contributed by atoms with Crippen LogP contribution in [0.25, 0.3) is 0 Å². The predicted molar refractivity (Wildman–Crippen MR) is 60.3 cm³/mol. The lowest BCUT2D eigenvalue weighted by atomic mass is 10.0. The Bertz CT molecular complexity index is 347. The van der Waals surface area contributed by atoms with E-state index in [1.165, 1.54) is 18.5 Å². The lowest BCUT2D eigenvalue weighted by Gasteiger charge is -2.31. The first-order valence-electron chi connectivity index (χ1n) is 5.64. The lowest BCUT2D eigenvalue weighted by Crippen LogP contribution is -2.42. The second-order valence-corrected chi connectivity index (χ2v) is 4.19. The fraction of sp³-hybridized carbons (Fsp3) is 0.500. The van der Waals surface area contributed by atoms with Crippen molar-refractivity contribution in [2.75, 3.05) is 24.7 Å². The first-order valence-corrected chi connectivity index (χ1v) is 5.64. The van der Waals surface area contributed by atoms with Gasteiger partial charge in [0, 0.05) is 6.04 Å². The fourth-order valence-corrected chi connectivity index (χ4v) is 2.45. The average Bonchev–Trinajstić information content (AvgIpc) is 2.74. The van der Waals surface area contributed by atoms with Crippen molar-refractivity contribution >= 4 is 5.69 Å². The Labute approximate surface area is 90.0 Å². The van der Waals surface area contributed by atoms with E-state index >= 15 is 0 Å². The Hall–Kier alpha value is -1.22. The molecule has 1 saturated heterocycles. The number of hydrogen-bond acceptors (Lipinski definition) is 3. The fourth-order valence-electron chi connectivity index (χ4n) is 2.45. The normalized spacial score (nSPS) is 21.2. The summed E-state index contributed by atoms with van der Waals surface area (Å²) < 4.78 is 5.67. The van der Waals surface area contributed by atoms with Crippen molar-refractivity contribution in [3.8, 4) is 5.75 Å². The molecule has 15 heavy (non-hydrogen) atoms. The number of ether oxygens (including phenoxy) is 1. The van der Waals surface area contributed by atoms with Crippen molar-refractivity contribution in [3.05, 3.63) is 24.3 Å². The van der Waals surface area contributed by atoms with Crippen LogP contribution in [-0.2, 0) is 0 Å². The molecule has 0 unspecified atom stereocenters. The number of rotatable bonds is 1. The molecule has 0 saturated carbocycles. The maximum absolute atomic E-state index is 5.67.